The number of carbonyl (C=O) groups is 2. The first-order valence-electron chi connectivity index (χ1n) is 7.11. The van der Waals surface area contributed by atoms with Gasteiger partial charge in [-0.3, -0.25) is 9.59 Å². The highest BCUT2D eigenvalue weighted by Gasteiger charge is 2.24. The van der Waals surface area contributed by atoms with Crippen LogP contribution in [0.25, 0.3) is 6.08 Å². The van der Waals surface area contributed by atoms with E-state index in [0.717, 1.165) is 24.8 Å². The maximum absolute atomic E-state index is 12.2. The van der Waals surface area contributed by atoms with E-state index >= 15 is 0 Å². The molecule has 1 unspecified atom stereocenters. The first-order valence-corrected chi connectivity index (χ1v) is 7.11. The smallest absolute Gasteiger partial charge is 0.248 e. The number of amides is 2. The van der Waals surface area contributed by atoms with Crippen LogP contribution in [0.4, 0.5) is 0 Å². The monoisotopic (exact) mass is 288 g/mol. The van der Waals surface area contributed by atoms with Crippen LogP contribution in [-0.2, 0) is 4.79 Å². The largest absolute Gasteiger partial charge is 0.394 e. The average Bonchev–Trinajstić information content (AvgIpc) is 2.52. The van der Waals surface area contributed by atoms with E-state index in [1.165, 1.54) is 6.08 Å². The Hall–Kier alpha value is -2.14. The molecule has 1 aromatic carbocycles. The minimum absolute atomic E-state index is 0.00683. The van der Waals surface area contributed by atoms with E-state index in [2.05, 4.69) is 0 Å². The molecule has 1 fully saturated rings. The van der Waals surface area contributed by atoms with Crippen molar-refractivity contribution in [3.63, 3.8) is 0 Å². The van der Waals surface area contributed by atoms with Crippen molar-refractivity contribution in [1.82, 2.24) is 4.90 Å². The van der Waals surface area contributed by atoms with Gasteiger partial charge in [-0.15, -0.1) is 0 Å². The first-order chi connectivity index (χ1) is 10.1. The lowest BCUT2D eigenvalue weighted by molar-refractivity contribution is -0.130. The van der Waals surface area contributed by atoms with Gasteiger partial charge in [0.1, 0.15) is 0 Å². The third-order valence-corrected chi connectivity index (χ3v) is 3.73. The second kappa shape index (κ2) is 7.04. The van der Waals surface area contributed by atoms with Gasteiger partial charge in [0.05, 0.1) is 12.6 Å². The molecule has 2 amide bonds. The summed E-state index contributed by atoms with van der Waals surface area (Å²) in [7, 11) is 0. The van der Waals surface area contributed by atoms with E-state index < -0.39 is 5.91 Å². The number of nitrogens with two attached hydrogens (primary N) is 1. The van der Waals surface area contributed by atoms with Gasteiger partial charge >= 0.3 is 0 Å². The summed E-state index contributed by atoms with van der Waals surface area (Å²) < 4.78 is 0. The van der Waals surface area contributed by atoms with Crippen LogP contribution in [0.3, 0.4) is 0 Å². The van der Waals surface area contributed by atoms with Crippen LogP contribution in [0, 0.1) is 0 Å². The molecule has 21 heavy (non-hydrogen) atoms. The fourth-order valence-corrected chi connectivity index (χ4v) is 2.50. The van der Waals surface area contributed by atoms with Gasteiger partial charge in [0, 0.05) is 18.2 Å². The number of hydrogen-bond donors (Lipinski definition) is 2. The van der Waals surface area contributed by atoms with Crippen molar-refractivity contribution in [3.8, 4) is 0 Å². The van der Waals surface area contributed by atoms with Crippen LogP contribution >= 0.6 is 0 Å². The Kier molecular flexibility index (Phi) is 5.11. The highest BCUT2D eigenvalue weighted by Crippen LogP contribution is 2.17. The topological polar surface area (TPSA) is 83.6 Å². The molecule has 0 spiro atoms. The SMILES string of the molecule is NC(=O)c1ccc(/C=C/C(=O)N2CCCCC2CO)cc1. The number of rotatable bonds is 4. The van der Waals surface area contributed by atoms with E-state index in [1.807, 2.05) is 0 Å². The standard InChI is InChI=1S/C16H20N2O3/c17-16(21)13-7-4-12(5-8-13)6-9-15(20)18-10-2-1-3-14(18)11-19/h4-9,14,19H,1-3,10-11H2,(H2,17,21)/b9-6+. The molecule has 5 heteroatoms. The minimum Gasteiger partial charge on any atom is -0.394 e. The number of aliphatic hydroxyl groups excluding tert-OH is 1. The Morgan fingerprint density at radius 1 is 1.29 bits per heavy atom. The summed E-state index contributed by atoms with van der Waals surface area (Å²) in [5, 5.41) is 9.32. The Morgan fingerprint density at radius 2 is 2.00 bits per heavy atom. The molecule has 1 aliphatic heterocycles. The van der Waals surface area contributed by atoms with Crippen molar-refractivity contribution in [2.75, 3.05) is 13.2 Å². The van der Waals surface area contributed by atoms with Gasteiger partial charge in [-0.25, -0.2) is 0 Å². The lowest BCUT2D eigenvalue weighted by Gasteiger charge is -2.33. The molecule has 1 saturated heterocycles. The highest BCUT2D eigenvalue weighted by atomic mass is 16.3. The number of aliphatic hydroxyl groups is 1. The lowest BCUT2D eigenvalue weighted by Crippen LogP contribution is -2.44. The van der Waals surface area contributed by atoms with Gasteiger partial charge in [0.2, 0.25) is 11.8 Å². The Labute approximate surface area is 124 Å². The molecule has 0 radical (unpaired) electrons. The summed E-state index contributed by atoms with van der Waals surface area (Å²) in [5.41, 5.74) is 6.44. The normalized spacial score (nSPS) is 18.9. The van der Waals surface area contributed by atoms with Crippen molar-refractivity contribution in [2.24, 2.45) is 5.73 Å². The summed E-state index contributed by atoms with van der Waals surface area (Å²) in [5.74, 6) is -0.562. The zero-order valence-electron chi connectivity index (χ0n) is 11.9. The van der Waals surface area contributed by atoms with E-state index in [9.17, 15) is 14.7 Å². The quantitative estimate of drug-likeness (QED) is 0.816. The maximum Gasteiger partial charge on any atom is 0.248 e. The molecule has 112 valence electrons. The Morgan fingerprint density at radius 3 is 2.62 bits per heavy atom. The third kappa shape index (κ3) is 3.92. The van der Waals surface area contributed by atoms with E-state index in [1.54, 1.807) is 35.2 Å². The van der Waals surface area contributed by atoms with Gasteiger partial charge in [-0.05, 0) is 43.0 Å². The van der Waals surface area contributed by atoms with E-state index in [0.29, 0.717) is 12.1 Å². The number of benzene rings is 1. The molecule has 0 saturated carbocycles. The molecule has 1 heterocycles. The van der Waals surface area contributed by atoms with Crippen LogP contribution in [0.15, 0.2) is 30.3 Å². The molecule has 0 aromatic heterocycles. The van der Waals surface area contributed by atoms with E-state index in [4.69, 9.17) is 5.73 Å². The van der Waals surface area contributed by atoms with Crippen LogP contribution in [0.2, 0.25) is 0 Å². The van der Waals surface area contributed by atoms with E-state index in [-0.39, 0.29) is 18.6 Å². The van der Waals surface area contributed by atoms with Crippen molar-refractivity contribution < 1.29 is 14.7 Å². The lowest BCUT2D eigenvalue weighted by atomic mass is 10.0. The molecule has 1 atom stereocenters. The van der Waals surface area contributed by atoms with Gasteiger partial charge in [-0.1, -0.05) is 12.1 Å². The van der Waals surface area contributed by atoms with Crippen LogP contribution in [0.5, 0.6) is 0 Å². The Balaban J connectivity index is 2.02. The molecule has 5 nitrogen and oxygen atoms in total. The molecule has 1 aliphatic rings. The van der Waals surface area contributed by atoms with Crippen molar-refractivity contribution in [3.05, 3.63) is 41.5 Å². The minimum atomic E-state index is -0.472. The van der Waals surface area contributed by atoms with Crippen molar-refractivity contribution >= 4 is 17.9 Å². The number of piperidine rings is 1. The summed E-state index contributed by atoms with van der Waals surface area (Å²) in [6, 6.07) is 6.66. The van der Waals surface area contributed by atoms with Crippen LogP contribution in [0.1, 0.15) is 35.2 Å². The molecular weight excluding hydrogens is 268 g/mol. The average molecular weight is 288 g/mol. The molecule has 0 aliphatic carbocycles. The third-order valence-electron chi connectivity index (χ3n) is 3.73. The fraction of sp³-hybridized carbons (Fsp3) is 0.375. The number of primary amides is 1. The molecular formula is C16H20N2O3. The maximum atomic E-state index is 12.2. The zero-order chi connectivity index (χ0) is 15.2. The summed E-state index contributed by atoms with van der Waals surface area (Å²) in [6.07, 6.45) is 6.09. The predicted molar refractivity (Wildman–Crippen MR) is 80.4 cm³/mol. The van der Waals surface area contributed by atoms with Crippen molar-refractivity contribution in [1.29, 1.82) is 0 Å². The molecule has 0 bridgehead atoms. The summed E-state index contributed by atoms with van der Waals surface area (Å²) in [6.45, 7) is 0.696. The molecule has 3 N–H and O–H groups in total. The predicted octanol–water partition coefficient (Wildman–Crippen LogP) is 1.17. The number of nitrogens with zero attached hydrogens (tertiary/aromatic N) is 1. The van der Waals surface area contributed by atoms with Gasteiger partial charge < -0.3 is 15.7 Å². The van der Waals surface area contributed by atoms with Gasteiger partial charge in [-0.2, -0.15) is 0 Å². The second-order valence-corrected chi connectivity index (χ2v) is 5.18. The van der Waals surface area contributed by atoms with Crippen molar-refractivity contribution in [2.45, 2.75) is 25.3 Å². The second-order valence-electron chi connectivity index (χ2n) is 5.18. The van der Waals surface area contributed by atoms with Gasteiger partial charge in [0.15, 0.2) is 0 Å². The van der Waals surface area contributed by atoms with Crippen LogP contribution < -0.4 is 5.73 Å². The number of likely N-dealkylation sites (tertiary alicyclic amines) is 1. The first kappa shape index (κ1) is 15.3. The number of carbonyl (C=O) groups excluding carboxylic acids is 2. The van der Waals surface area contributed by atoms with Gasteiger partial charge in [0.25, 0.3) is 0 Å². The fourth-order valence-electron chi connectivity index (χ4n) is 2.50. The summed E-state index contributed by atoms with van der Waals surface area (Å²) >= 11 is 0. The highest BCUT2D eigenvalue weighted by molar-refractivity contribution is 5.94. The summed E-state index contributed by atoms with van der Waals surface area (Å²) in [4.78, 5) is 24.9. The number of hydrogen-bond acceptors (Lipinski definition) is 3. The molecule has 1 aromatic rings. The van der Waals surface area contributed by atoms with Crippen LogP contribution in [-0.4, -0.2) is 41.0 Å². The Bertz CT molecular complexity index is 537. The molecule has 2 rings (SSSR count). The zero-order valence-corrected chi connectivity index (χ0v) is 11.9.